The van der Waals surface area contributed by atoms with Crippen LogP contribution < -0.4 is 9.47 Å². The lowest BCUT2D eigenvalue weighted by Gasteiger charge is -2.25. The van der Waals surface area contributed by atoms with E-state index in [-0.39, 0.29) is 22.8 Å². The highest BCUT2D eigenvalue weighted by Gasteiger charge is 2.46. The lowest BCUT2D eigenvalue weighted by Crippen LogP contribution is -2.30. The molecule has 1 atom stereocenters. The number of aryl methyl sites for hydroxylation is 2. The van der Waals surface area contributed by atoms with Crippen molar-refractivity contribution in [2.24, 2.45) is 0 Å². The van der Waals surface area contributed by atoms with Crippen LogP contribution in [0.5, 0.6) is 17.2 Å². The average molecular weight is 440 g/mol. The number of hydrogen-bond acceptors (Lipinski definition) is 6. The fourth-order valence-electron chi connectivity index (χ4n) is 4.08. The molecule has 1 aliphatic heterocycles. The fraction of sp³-hybridized carbons (Fsp3) is 0.360. The highest BCUT2D eigenvalue weighted by molar-refractivity contribution is 6.46. The monoisotopic (exact) mass is 439 g/mol. The fourth-order valence-corrected chi connectivity index (χ4v) is 4.08. The topological polar surface area (TPSA) is 96.3 Å². The van der Waals surface area contributed by atoms with E-state index in [9.17, 15) is 19.8 Å². The molecule has 1 heterocycles. The van der Waals surface area contributed by atoms with Crippen molar-refractivity contribution in [3.63, 3.8) is 0 Å². The summed E-state index contributed by atoms with van der Waals surface area (Å²) in [6, 6.07) is 7.45. The number of phenols is 1. The number of methoxy groups -OCH3 is 1. The third-order valence-electron chi connectivity index (χ3n) is 5.60. The van der Waals surface area contributed by atoms with E-state index in [1.165, 1.54) is 11.0 Å². The maximum atomic E-state index is 13.1. The van der Waals surface area contributed by atoms with Crippen LogP contribution in [0, 0.1) is 13.8 Å². The second-order valence-corrected chi connectivity index (χ2v) is 7.79. The van der Waals surface area contributed by atoms with Crippen molar-refractivity contribution in [2.75, 3.05) is 20.3 Å². The Hall–Kier alpha value is -3.48. The number of ketones is 1. The van der Waals surface area contributed by atoms with Gasteiger partial charge in [0, 0.05) is 12.1 Å². The number of carbonyl (C=O) groups is 2. The Labute approximate surface area is 187 Å². The highest BCUT2D eigenvalue weighted by atomic mass is 16.5. The van der Waals surface area contributed by atoms with Gasteiger partial charge >= 0.3 is 0 Å². The van der Waals surface area contributed by atoms with E-state index in [4.69, 9.17) is 9.47 Å². The van der Waals surface area contributed by atoms with Crippen molar-refractivity contribution in [1.82, 2.24) is 4.90 Å². The van der Waals surface area contributed by atoms with E-state index in [1.807, 2.05) is 20.8 Å². The van der Waals surface area contributed by atoms with Gasteiger partial charge in [0.05, 0.1) is 25.3 Å². The molecule has 1 aliphatic rings. The molecule has 3 rings (SSSR count). The quantitative estimate of drug-likeness (QED) is 0.380. The first-order valence-electron chi connectivity index (χ1n) is 10.6. The molecule has 32 heavy (non-hydrogen) atoms. The van der Waals surface area contributed by atoms with Gasteiger partial charge in [-0.3, -0.25) is 9.59 Å². The smallest absolute Gasteiger partial charge is 0.295 e. The number of likely N-dealkylation sites (tertiary alicyclic amines) is 1. The van der Waals surface area contributed by atoms with Gasteiger partial charge in [0.1, 0.15) is 11.5 Å². The lowest BCUT2D eigenvalue weighted by molar-refractivity contribution is -0.139. The van der Waals surface area contributed by atoms with Crippen LogP contribution in [-0.4, -0.2) is 47.1 Å². The predicted molar refractivity (Wildman–Crippen MR) is 121 cm³/mol. The summed E-state index contributed by atoms with van der Waals surface area (Å²) in [7, 11) is 1.57. The Morgan fingerprint density at radius 3 is 2.41 bits per heavy atom. The first kappa shape index (κ1) is 23.2. The normalized spacial score (nSPS) is 17.7. The van der Waals surface area contributed by atoms with Crippen LogP contribution in [0.15, 0.2) is 35.9 Å². The number of Topliss-reactive ketones (excluding diaryl/α,β-unsaturated/α-hetero) is 1. The van der Waals surface area contributed by atoms with Gasteiger partial charge in [-0.2, -0.15) is 0 Å². The van der Waals surface area contributed by atoms with Crippen molar-refractivity contribution in [3.8, 4) is 17.2 Å². The molecule has 0 bridgehead atoms. The Morgan fingerprint density at radius 2 is 1.78 bits per heavy atom. The van der Waals surface area contributed by atoms with E-state index in [0.29, 0.717) is 42.0 Å². The van der Waals surface area contributed by atoms with Gasteiger partial charge < -0.3 is 24.6 Å². The molecule has 0 spiro atoms. The second-order valence-electron chi connectivity index (χ2n) is 7.79. The van der Waals surface area contributed by atoms with Gasteiger partial charge in [0.2, 0.25) is 0 Å². The number of ether oxygens (including phenoxy) is 2. The summed E-state index contributed by atoms with van der Waals surface area (Å²) in [5.74, 6) is -0.747. The molecule has 170 valence electrons. The molecule has 2 aromatic carbocycles. The van der Waals surface area contributed by atoms with Crippen molar-refractivity contribution in [3.05, 3.63) is 58.2 Å². The van der Waals surface area contributed by atoms with Crippen LogP contribution in [0.25, 0.3) is 5.76 Å². The molecule has 0 saturated carbocycles. The molecule has 1 fully saturated rings. The molecule has 2 aromatic rings. The second kappa shape index (κ2) is 9.34. The molecule has 0 aromatic heterocycles. The van der Waals surface area contributed by atoms with Gasteiger partial charge in [-0.25, -0.2) is 0 Å². The zero-order valence-corrected chi connectivity index (χ0v) is 19.1. The molecule has 7 nitrogen and oxygen atoms in total. The number of phenolic OH excluding ortho intramolecular Hbond substituents is 1. The lowest BCUT2D eigenvalue weighted by atomic mass is 9.93. The minimum absolute atomic E-state index is 0.0178. The van der Waals surface area contributed by atoms with Crippen LogP contribution >= 0.6 is 0 Å². The van der Waals surface area contributed by atoms with Gasteiger partial charge in [-0.05, 0) is 68.1 Å². The standard InChI is InChI=1S/C25H29NO6/c1-6-10-26-22(16-8-9-18(27)20(13-16)32-7-2)21(24(29)25(26)30)23(28)17-11-15(4)19(31-5)12-14(17)3/h8-9,11-13,22,27-28H,6-7,10H2,1-5H3/b23-21+. The molecule has 1 unspecified atom stereocenters. The predicted octanol–water partition coefficient (Wildman–Crippen LogP) is 4.25. The Kier molecular flexibility index (Phi) is 6.77. The van der Waals surface area contributed by atoms with Crippen molar-refractivity contribution in [1.29, 1.82) is 0 Å². The Morgan fingerprint density at radius 1 is 1.06 bits per heavy atom. The van der Waals surface area contributed by atoms with Gasteiger partial charge in [-0.1, -0.05) is 13.0 Å². The van der Waals surface area contributed by atoms with Gasteiger partial charge in [0.25, 0.3) is 11.7 Å². The number of rotatable bonds is 7. The SMILES string of the molecule is CCCN1C(=O)C(=O)/C(=C(/O)c2cc(C)c(OC)cc2C)C1c1ccc(O)c(OCC)c1. The summed E-state index contributed by atoms with van der Waals surface area (Å²) < 4.78 is 10.8. The van der Waals surface area contributed by atoms with E-state index < -0.39 is 17.7 Å². The number of aliphatic hydroxyl groups is 1. The summed E-state index contributed by atoms with van der Waals surface area (Å²) in [5.41, 5.74) is 2.56. The van der Waals surface area contributed by atoms with Crippen LogP contribution in [0.1, 0.15) is 48.6 Å². The van der Waals surface area contributed by atoms with Gasteiger partial charge in [0.15, 0.2) is 11.5 Å². The molecule has 0 aliphatic carbocycles. The number of benzene rings is 2. The molecule has 0 radical (unpaired) electrons. The minimum Gasteiger partial charge on any atom is -0.507 e. The van der Waals surface area contributed by atoms with Crippen LogP contribution in [0.3, 0.4) is 0 Å². The molecular formula is C25H29NO6. The van der Waals surface area contributed by atoms with Gasteiger partial charge in [-0.15, -0.1) is 0 Å². The summed E-state index contributed by atoms with van der Waals surface area (Å²) in [4.78, 5) is 27.4. The number of nitrogens with zero attached hydrogens (tertiary/aromatic N) is 1. The largest absolute Gasteiger partial charge is 0.507 e. The van der Waals surface area contributed by atoms with E-state index in [2.05, 4.69) is 0 Å². The third kappa shape index (κ3) is 4.02. The van der Waals surface area contributed by atoms with E-state index in [0.717, 1.165) is 5.56 Å². The average Bonchev–Trinajstić information content (AvgIpc) is 3.01. The molecule has 1 saturated heterocycles. The van der Waals surface area contributed by atoms with E-state index >= 15 is 0 Å². The van der Waals surface area contributed by atoms with Crippen molar-refractivity contribution < 1.29 is 29.3 Å². The summed E-state index contributed by atoms with van der Waals surface area (Å²) in [6.45, 7) is 8.05. The number of carbonyl (C=O) groups excluding carboxylic acids is 2. The minimum atomic E-state index is -0.795. The highest BCUT2D eigenvalue weighted by Crippen LogP contribution is 2.42. The number of aliphatic hydroxyl groups excluding tert-OH is 1. The zero-order valence-electron chi connectivity index (χ0n) is 19.1. The Balaban J connectivity index is 2.24. The number of hydrogen-bond donors (Lipinski definition) is 2. The number of amides is 1. The maximum absolute atomic E-state index is 13.1. The first-order chi connectivity index (χ1) is 15.2. The third-order valence-corrected chi connectivity index (χ3v) is 5.60. The molecular weight excluding hydrogens is 410 g/mol. The number of aromatic hydroxyl groups is 1. The zero-order chi connectivity index (χ0) is 23.6. The molecule has 1 amide bonds. The summed E-state index contributed by atoms with van der Waals surface area (Å²) in [6.07, 6.45) is 0.640. The molecule has 7 heteroatoms. The summed E-state index contributed by atoms with van der Waals surface area (Å²) in [5, 5.41) is 21.4. The maximum Gasteiger partial charge on any atom is 0.295 e. The van der Waals surface area contributed by atoms with Crippen LogP contribution in [0.2, 0.25) is 0 Å². The molecule has 2 N–H and O–H groups in total. The Bertz CT molecular complexity index is 1090. The first-order valence-corrected chi connectivity index (χ1v) is 10.6. The van der Waals surface area contributed by atoms with E-state index in [1.54, 1.807) is 38.3 Å². The van der Waals surface area contributed by atoms with Crippen molar-refractivity contribution in [2.45, 2.75) is 40.2 Å². The summed E-state index contributed by atoms with van der Waals surface area (Å²) >= 11 is 0. The van der Waals surface area contributed by atoms with Crippen LogP contribution in [-0.2, 0) is 9.59 Å². The van der Waals surface area contributed by atoms with Crippen LogP contribution in [0.4, 0.5) is 0 Å². The van der Waals surface area contributed by atoms with Crippen molar-refractivity contribution >= 4 is 17.4 Å².